The molecule has 1 aromatic heterocycles. The average Bonchev–Trinajstić information content (AvgIpc) is 3.03. The molecule has 1 amide bonds. The van der Waals surface area contributed by atoms with Gasteiger partial charge in [-0.25, -0.2) is 9.07 Å². The minimum Gasteiger partial charge on any atom is -0.341 e. The first kappa shape index (κ1) is 20.9. The molecule has 0 saturated carbocycles. The second kappa shape index (κ2) is 9.09. The van der Waals surface area contributed by atoms with E-state index >= 15 is 0 Å². The number of thioether (sulfide) groups is 1. The van der Waals surface area contributed by atoms with E-state index in [1.165, 1.54) is 28.1 Å². The molecular weight excluding hydrogens is 389 g/mol. The van der Waals surface area contributed by atoms with Crippen molar-refractivity contribution < 1.29 is 9.18 Å². The summed E-state index contributed by atoms with van der Waals surface area (Å²) in [5.74, 6) is 6.33. The number of nitrogens with zero attached hydrogens (tertiary/aromatic N) is 4. The smallest absolute Gasteiger partial charge is 0.233 e. The summed E-state index contributed by atoms with van der Waals surface area (Å²) in [6, 6.07) is 12.7. The van der Waals surface area contributed by atoms with Crippen LogP contribution < -0.4 is 5.84 Å². The highest BCUT2D eigenvalue weighted by molar-refractivity contribution is 7.99. The Balaban J connectivity index is 1.59. The van der Waals surface area contributed by atoms with Crippen molar-refractivity contribution in [2.24, 2.45) is 0 Å². The second-order valence-electron chi connectivity index (χ2n) is 7.01. The summed E-state index contributed by atoms with van der Waals surface area (Å²) < 4.78 is 15.1. The molecule has 3 aromatic rings. The molecule has 6 nitrogen and oxygen atoms in total. The number of nitrogen functional groups attached to an aromatic ring is 1. The second-order valence-corrected chi connectivity index (χ2v) is 7.95. The van der Waals surface area contributed by atoms with Gasteiger partial charge in [0.05, 0.1) is 5.75 Å². The maximum absolute atomic E-state index is 13.8. The van der Waals surface area contributed by atoms with Gasteiger partial charge >= 0.3 is 0 Å². The number of halogens is 1. The third-order valence-electron chi connectivity index (χ3n) is 4.70. The molecule has 0 spiro atoms. The van der Waals surface area contributed by atoms with Gasteiger partial charge in [-0.2, -0.15) is 0 Å². The minimum atomic E-state index is -0.312. The van der Waals surface area contributed by atoms with E-state index in [1.54, 1.807) is 30.1 Å². The Morgan fingerprint density at radius 2 is 1.93 bits per heavy atom. The van der Waals surface area contributed by atoms with E-state index in [1.807, 2.05) is 26.0 Å². The lowest BCUT2D eigenvalue weighted by molar-refractivity contribution is -0.127. The number of hydrogen-bond acceptors (Lipinski definition) is 5. The fourth-order valence-electron chi connectivity index (χ4n) is 2.94. The van der Waals surface area contributed by atoms with E-state index in [0.29, 0.717) is 23.1 Å². The van der Waals surface area contributed by atoms with E-state index in [4.69, 9.17) is 5.84 Å². The topological polar surface area (TPSA) is 77.0 Å². The molecule has 0 saturated heterocycles. The quantitative estimate of drug-likeness (QED) is 0.476. The molecule has 3 rings (SSSR count). The van der Waals surface area contributed by atoms with Crippen molar-refractivity contribution in [1.29, 1.82) is 0 Å². The standard InChI is InChI=1S/C21H24FN5OS/c1-14-8-9-17(15(2)10-14)12-26(3)20(28)13-29-21-25-24-19(27(21)23)11-16-6-4-5-7-18(16)22/h4-10H,11-13,23H2,1-3H3. The van der Waals surface area contributed by atoms with Crippen molar-refractivity contribution in [2.75, 3.05) is 18.6 Å². The van der Waals surface area contributed by atoms with Crippen LogP contribution in [0, 0.1) is 19.7 Å². The molecule has 1 heterocycles. The van der Waals surface area contributed by atoms with Crippen molar-refractivity contribution in [3.05, 3.63) is 76.4 Å². The Kier molecular flexibility index (Phi) is 6.53. The first-order chi connectivity index (χ1) is 13.8. The number of benzene rings is 2. The summed E-state index contributed by atoms with van der Waals surface area (Å²) in [6.45, 7) is 4.63. The lowest BCUT2D eigenvalue weighted by Crippen LogP contribution is -2.28. The van der Waals surface area contributed by atoms with Gasteiger partial charge in [-0.05, 0) is 36.6 Å². The summed E-state index contributed by atoms with van der Waals surface area (Å²) in [6.07, 6.45) is 0.233. The Morgan fingerprint density at radius 1 is 1.17 bits per heavy atom. The normalized spacial score (nSPS) is 10.9. The molecule has 29 heavy (non-hydrogen) atoms. The Bertz CT molecular complexity index is 1020. The lowest BCUT2D eigenvalue weighted by atomic mass is 10.1. The molecule has 0 aliphatic carbocycles. The molecule has 152 valence electrons. The van der Waals surface area contributed by atoms with Crippen LogP contribution in [0.2, 0.25) is 0 Å². The number of hydrogen-bond donors (Lipinski definition) is 1. The molecule has 0 bridgehead atoms. The highest BCUT2D eigenvalue weighted by atomic mass is 32.2. The van der Waals surface area contributed by atoms with Crippen LogP contribution in [0.1, 0.15) is 28.1 Å². The monoisotopic (exact) mass is 413 g/mol. The van der Waals surface area contributed by atoms with Gasteiger partial charge < -0.3 is 10.7 Å². The van der Waals surface area contributed by atoms with Crippen LogP contribution in [0.3, 0.4) is 0 Å². The van der Waals surface area contributed by atoms with Crippen molar-refractivity contribution in [3.8, 4) is 0 Å². The van der Waals surface area contributed by atoms with E-state index < -0.39 is 0 Å². The largest absolute Gasteiger partial charge is 0.341 e. The van der Waals surface area contributed by atoms with Crippen molar-refractivity contribution >= 4 is 17.7 Å². The van der Waals surface area contributed by atoms with Gasteiger partial charge in [0.25, 0.3) is 0 Å². The Hall–Kier alpha value is -2.87. The van der Waals surface area contributed by atoms with Crippen LogP contribution in [0.15, 0.2) is 47.6 Å². The van der Waals surface area contributed by atoms with Gasteiger partial charge in [-0.3, -0.25) is 4.79 Å². The molecule has 0 unspecified atom stereocenters. The zero-order valence-electron chi connectivity index (χ0n) is 16.7. The molecule has 0 aliphatic rings. The molecule has 0 fully saturated rings. The van der Waals surface area contributed by atoms with Crippen molar-refractivity contribution in [2.45, 2.75) is 32.0 Å². The van der Waals surface area contributed by atoms with Gasteiger partial charge in [0.15, 0.2) is 5.82 Å². The number of carbonyl (C=O) groups excluding carboxylic acids is 1. The predicted octanol–water partition coefficient (Wildman–Crippen LogP) is 3.09. The SMILES string of the molecule is Cc1ccc(CN(C)C(=O)CSc2nnc(Cc3ccccc3F)n2N)c(C)c1. The molecular formula is C21H24FN5OS. The zero-order chi connectivity index (χ0) is 21.0. The minimum absolute atomic E-state index is 0.0337. The fraction of sp³-hybridized carbons (Fsp3) is 0.286. The molecule has 0 atom stereocenters. The molecule has 0 radical (unpaired) electrons. The number of amides is 1. The van der Waals surface area contributed by atoms with E-state index in [0.717, 1.165) is 11.1 Å². The summed E-state index contributed by atoms with van der Waals surface area (Å²) in [7, 11) is 1.78. The lowest BCUT2D eigenvalue weighted by Gasteiger charge is -2.18. The molecule has 2 N–H and O–H groups in total. The third-order valence-corrected chi connectivity index (χ3v) is 5.63. The Labute approximate surface area is 173 Å². The summed E-state index contributed by atoms with van der Waals surface area (Å²) in [5, 5.41) is 8.50. The summed E-state index contributed by atoms with van der Waals surface area (Å²) in [5.41, 5.74) is 3.97. The molecule has 8 heteroatoms. The predicted molar refractivity (Wildman–Crippen MR) is 112 cm³/mol. The van der Waals surface area contributed by atoms with Crippen LogP contribution in [0.4, 0.5) is 4.39 Å². The van der Waals surface area contributed by atoms with Gasteiger partial charge in [-0.1, -0.05) is 53.7 Å². The number of aromatic nitrogens is 3. The average molecular weight is 414 g/mol. The maximum atomic E-state index is 13.8. The van der Waals surface area contributed by atoms with Crippen LogP contribution in [0.25, 0.3) is 0 Å². The van der Waals surface area contributed by atoms with E-state index in [2.05, 4.69) is 16.3 Å². The van der Waals surface area contributed by atoms with E-state index in [-0.39, 0.29) is 23.9 Å². The van der Waals surface area contributed by atoms with Gasteiger partial charge in [0.1, 0.15) is 5.82 Å². The van der Waals surface area contributed by atoms with Crippen LogP contribution in [-0.2, 0) is 17.8 Å². The highest BCUT2D eigenvalue weighted by Gasteiger charge is 2.16. The first-order valence-corrected chi connectivity index (χ1v) is 10.2. The maximum Gasteiger partial charge on any atom is 0.233 e. The zero-order valence-corrected chi connectivity index (χ0v) is 17.5. The number of carbonyl (C=O) groups is 1. The molecule has 2 aromatic carbocycles. The fourth-order valence-corrected chi connectivity index (χ4v) is 3.76. The summed E-state index contributed by atoms with van der Waals surface area (Å²) in [4.78, 5) is 14.2. The van der Waals surface area contributed by atoms with Crippen LogP contribution in [0.5, 0.6) is 0 Å². The van der Waals surface area contributed by atoms with Crippen molar-refractivity contribution in [3.63, 3.8) is 0 Å². The Morgan fingerprint density at radius 3 is 2.66 bits per heavy atom. The highest BCUT2D eigenvalue weighted by Crippen LogP contribution is 2.19. The van der Waals surface area contributed by atoms with Crippen LogP contribution in [-0.4, -0.2) is 38.5 Å². The van der Waals surface area contributed by atoms with Gasteiger partial charge in [0, 0.05) is 20.0 Å². The number of aryl methyl sites for hydroxylation is 2. The number of rotatable bonds is 7. The molecule has 0 aliphatic heterocycles. The summed E-state index contributed by atoms with van der Waals surface area (Å²) >= 11 is 1.22. The van der Waals surface area contributed by atoms with E-state index in [9.17, 15) is 9.18 Å². The van der Waals surface area contributed by atoms with Crippen LogP contribution >= 0.6 is 11.8 Å². The third kappa shape index (κ3) is 5.14. The van der Waals surface area contributed by atoms with Gasteiger partial charge in [-0.15, -0.1) is 10.2 Å². The first-order valence-electron chi connectivity index (χ1n) is 9.21. The van der Waals surface area contributed by atoms with Gasteiger partial charge in [0.2, 0.25) is 11.1 Å². The van der Waals surface area contributed by atoms with Crippen molar-refractivity contribution in [1.82, 2.24) is 19.8 Å². The number of nitrogens with two attached hydrogens (primary N) is 1.